The molecule has 0 saturated carbocycles. The van der Waals surface area contributed by atoms with E-state index in [1.165, 1.54) is 0 Å². The number of ether oxygens (including phenoxy) is 2. The number of hydrogen-bond donors (Lipinski definition) is 1. The number of hydrogen-bond acceptors (Lipinski definition) is 3. The number of halogens is 1. The molecule has 0 aliphatic carbocycles. The first kappa shape index (κ1) is 13.5. The average Bonchev–Trinajstić information content (AvgIpc) is 2.36. The molecular formula is C14H20ClNO2. The van der Waals surface area contributed by atoms with Gasteiger partial charge in [-0.15, -0.1) is 0 Å². The lowest BCUT2D eigenvalue weighted by atomic mass is 9.86. The van der Waals surface area contributed by atoms with Crippen LogP contribution >= 0.6 is 11.6 Å². The fraction of sp³-hybridized carbons (Fsp3) is 0.571. The Kier molecular flexibility index (Phi) is 4.03. The summed E-state index contributed by atoms with van der Waals surface area (Å²) in [4.78, 5) is 0. The summed E-state index contributed by atoms with van der Waals surface area (Å²) >= 11 is 6.27. The molecule has 4 heteroatoms. The number of rotatable bonds is 4. The molecule has 0 bridgehead atoms. The molecule has 1 aliphatic rings. The summed E-state index contributed by atoms with van der Waals surface area (Å²) in [5.41, 5.74) is 6.98. The van der Waals surface area contributed by atoms with Crippen LogP contribution in [-0.4, -0.2) is 19.8 Å². The third-order valence-electron chi connectivity index (χ3n) is 3.33. The second kappa shape index (κ2) is 5.37. The Hall–Kier alpha value is -0.930. The summed E-state index contributed by atoms with van der Waals surface area (Å²) in [7, 11) is 0. The molecule has 1 aliphatic heterocycles. The molecule has 0 radical (unpaired) electrons. The van der Waals surface area contributed by atoms with E-state index in [0.717, 1.165) is 34.9 Å². The maximum absolute atomic E-state index is 6.27. The molecule has 18 heavy (non-hydrogen) atoms. The highest BCUT2D eigenvalue weighted by molar-refractivity contribution is 6.31. The lowest BCUT2D eigenvalue weighted by Gasteiger charge is -2.23. The van der Waals surface area contributed by atoms with Crippen molar-refractivity contribution in [1.82, 2.24) is 0 Å². The van der Waals surface area contributed by atoms with Gasteiger partial charge in [0.1, 0.15) is 13.2 Å². The van der Waals surface area contributed by atoms with Crippen molar-refractivity contribution in [2.45, 2.75) is 26.7 Å². The minimum atomic E-state index is 0.136. The summed E-state index contributed by atoms with van der Waals surface area (Å²) in [5, 5.41) is 0.743. The Bertz CT molecular complexity index is 432. The van der Waals surface area contributed by atoms with Crippen molar-refractivity contribution in [2.24, 2.45) is 11.1 Å². The molecule has 1 aromatic rings. The molecule has 0 fully saturated rings. The van der Waals surface area contributed by atoms with Gasteiger partial charge in [-0.25, -0.2) is 0 Å². The zero-order valence-electron chi connectivity index (χ0n) is 11.0. The molecule has 0 saturated heterocycles. The molecule has 0 spiro atoms. The molecule has 100 valence electrons. The van der Waals surface area contributed by atoms with Gasteiger partial charge in [0.15, 0.2) is 11.5 Å². The van der Waals surface area contributed by atoms with E-state index in [2.05, 4.69) is 13.8 Å². The van der Waals surface area contributed by atoms with Gasteiger partial charge in [0.05, 0.1) is 0 Å². The van der Waals surface area contributed by atoms with Crippen LogP contribution in [0.3, 0.4) is 0 Å². The van der Waals surface area contributed by atoms with Crippen LogP contribution in [0.15, 0.2) is 12.1 Å². The van der Waals surface area contributed by atoms with Gasteiger partial charge in [-0.05, 0) is 36.4 Å². The smallest absolute Gasteiger partial charge is 0.162 e. The molecule has 0 aromatic heterocycles. The van der Waals surface area contributed by atoms with Crippen molar-refractivity contribution in [2.75, 3.05) is 19.8 Å². The summed E-state index contributed by atoms with van der Waals surface area (Å²) in [6.07, 6.45) is 1.91. The largest absolute Gasteiger partial charge is 0.486 e. The zero-order chi connectivity index (χ0) is 13.2. The van der Waals surface area contributed by atoms with Crippen LogP contribution < -0.4 is 15.2 Å². The van der Waals surface area contributed by atoms with E-state index in [4.69, 9.17) is 26.8 Å². The van der Waals surface area contributed by atoms with Gasteiger partial charge in [0, 0.05) is 11.1 Å². The topological polar surface area (TPSA) is 44.5 Å². The first-order chi connectivity index (χ1) is 8.52. The van der Waals surface area contributed by atoms with Crippen molar-refractivity contribution < 1.29 is 9.47 Å². The van der Waals surface area contributed by atoms with Crippen LogP contribution in [0.25, 0.3) is 0 Å². The van der Waals surface area contributed by atoms with Crippen molar-refractivity contribution in [3.8, 4) is 11.5 Å². The summed E-state index contributed by atoms with van der Waals surface area (Å²) in [5.74, 6) is 1.54. The van der Waals surface area contributed by atoms with Crippen molar-refractivity contribution in [3.63, 3.8) is 0 Å². The van der Waals surface area contributed by atoms with Gasteiger partial charge in [0.2, 0.25) is 0 Å². The lowest BCUT2D eigenvalue weighted by molar-refractivity contribution is 0.171. The standard InChI is InChI=1S/C14H20ClNO2/c1-14(2,9-16)4-3-10-7-12-13(8-11(10)15)18-6-5-17-12/h7-8H,3-6,9,16H2,1-2H3. The first-order valence-electron chi connectivity index (χ1n) is 6.30. The van der Waals surface area contributed by atoms with Crippen LogP contribution in [0.2, 0.25) is 5.02 Å². The fourth-order valence-electron chi connectivity index (χ4n) is 1.87. The minimum absolute atomic E-state index is 0.136. The SMILES string of the molecule is CC(C)(CN)CCc1cc2c(cc1Cl)OCCO2. The average molecular weight is 270 g/mol. The van der Waals surface area contributed by atoms with Crippen molar-refractivity contribution in [1.29, 1.82) is 0 Å². The van der Waals surface area contributed by atoms with Gasteiger partial charge in [-0.1, -0.05) is 25.4 Å². The van der Waals surface area contributed by atoms with Crippen LogP contribution in [0.5, 0.6) is 11.5 Å². The van der Waals surface area contributed by atoms with Gasteiger partial charge >= 0.3 is 0 Å². The molecule has 0 unspecified atom stereocenters. The van der Waals surface area contributed by atoms with Gasteiger partial charge in [-0.3, -0.25) is 0 Å². The molecule has 2 N–H and O–H groups in total. The van der Waals surface area contributed by atoms with Gasteiger partial charge < -0.3 is 15.2 Å². The summed E-state index contributed by atoms with van der Waals surface area (Å²) < 4.78 is 11.1. The Balaban J connectivity index is 2.13. The predicted octanol–water partition coefficient (Wildman–Crippen LogP) is 3.03. The maximum atomic E-state index is 6.27. The Labute approximate surface area is 113 Å². The molecule has 0 amide bonds. The summed E-state index contributed by atoms with van der Waals surface area (Å²) in [6, 6.07) is 3.84. The second-order valence-electron chi connectivity index (χ2n) is 5.46. The number of benzene rings is 1. The predicted molar refractivity (Wildman–Crippen MR) is 73.6 cm³/mol. The normalized spacial score (nSPS) is 14.7. The van der Waals surface area contributed by atoms with Crippen LogP contribution in [0.4, 0.5) is 0 Å². The van der Waals surface area contributed by atoms with Crippen molar-refractivity contribution >= 4 is 11.6 Å². The maximum Gasteiger partial charge on any atom is 0.162 e. The molecular weight excluding hydrogens is 250 g/mol. The van der Waals surface area contributed by atoms with E-state index < -0.39 is 0 Å². The summed E-state index contributed by atoms with van der Waals surface area (Å²) in [6.45, 7) is 6.19. The number of fused-ring (bicyclic) bond motifs is 1. The highest BCUT2D eigenvalue weighted by Crippen LogP contribution is 2.36. The quantitative estimate of drug-likeness (QED) is 0.914. The fourth-order valence-corrected chi connectivity index (χ4v) is 2.12. The van der Waals surface area contributed by atoms with Crippen molar-refractivity contribution in [3.05, 3.63) is 22.7 Å². The Morgan fingerprint density at radius 3 is 2.44 bits per heavy atom. The molecule has 3 nitrogen and oxygen atoms in total. The van der Waals surface area contributed by atoms with E-state index in [1.807, 2.05) is 12.1 Å². The Morgan fingerprint density at radius 1 is 1.22 bits per heavy atom. The highest BCUT2D eigenvalue weighted by atomic mass is 35.5. The van der Waals surface area contributed by atoms with Gasteiger partial charge in [0.25, 0.3) is 0 Å². The van der Waals surface area contributed by atoms with E-state index in [9.17, 15) is 0 Å². The molecule has 1 aromatic carbocycles. The van der Waals surface area contributed by atoms with Gasteiger partial charge in [-0.2, -0.15) is 0 Å². The first-order valence-corrected chi connectivity index (χ1v) is 6.68. The number of aryl methyl sites for hydroxylation is 1. The third kappa shape index (κ3) is 3.09. The molecule has 0 atom stereocenters. The molecule has 1 heterocycles. The number of nitrogens with two attached hydrogens (primary N) is 1. The van der Waals surface area contributed by atoms with Crippen LogP contribution in [-0.2, 0) is 6.42 Å². The monoisotopic (exact) mass is 269 g/mol. The van der Waals surface area contributed by atoms with E-state index in [0.29, 0.717) is 19.8 Å². The lowest BCUT2D eigenvalue weighted by Crippen LogP contribution is -2.24. The van der Waals surface area contributed by atoms with E-state index in [-0.39, 0.29) is 5.41 Å². The third-order valence-corrected chi connectivity index (χ3v) is 3.69. The molecule has 2 rings (SSSR count). The van der Waals surface area contributed by atoms with E-state index in [1.54, 1.807) is 0 Å². The highest BCUT2D eigenvalue weighted by Gasteiger charge is 2.19. The second-order valence-corrected chi connectivity index (χ2v) is 5.86. The van der Waals surface area contributed by atoms with Crippen LogP contribution in [0, 0.1) is 5.41 Å². The minimum Gasteiger partial charge on any atom is -0.486 e. The van der Waals surface area contributed by atoms with E-state index >= 15 is 0 Å². The van der Waals surface area contributed by atoms with Crippen LogP contribution in [0.1, 0.15) is 25.8 Å². The zero-order valence-corrected chi connectivity index (χ0v) is 11.7. The Morgan fingerprint density at radius 2 is 1.83 bits per heavy atom.